The molecule has 0 aliphatic carbocycles. The monoisotopic (exact) mass is 424 g/mol. The molecule has 0 saturated heterocycles. The highest BCUT2D eigenvalue weighted by Crippen LogP contribution is 2.29. The van der Waals surface area contributed by atoms with Gasteiger partial charge in [-0.1, -0.05) is 24.3 Å². The number of nitriles is 1. The maximum absolute atomic E-state index is 13.0. The molecule has 0 aliphatic rings. The van der Waals surface area contributed by atoms with E-state index in [0.29, 0.717) is 11.4 Å². The van der Waals surface area contributed by atoms with Gasteiger partial charge in [0.2, 0.25) is 0 Å². The topological polar surface area (TPSA) is 72.8 Å². The van der Waals surface area contributed by atoms with Gasteiger partial charge in [0.25, 0.3) is 0 Å². The summed E-state index contributed by atoms with van der Waals surface area (Å²) < 4.78 is 8.53. The van der Waals surface area contributed by atoms with Crippen molar-refractivity contribution in [2.45, 2.75) is 19.3 Å². The Morgan fingerprint density at radius 1 is 1.03 bits per heavy atom. The minimum atomic E-state index is -0.602. The van der Waals surface area contributed by atoms with Crippen LogP contribution >= 0.6 is 0 Å². The standard InChI is InChI=1S/C26H24N4O2/c1-26(2,17-27)20-8-10-21(11-9-20)30-24(16-29(3)25(30)31)23-15-19(12-13-28-23)18-6-5-7-22(14-18)32-4/h5-16H,1-4H3. The number of aromatic nitrogens is 3. The third-order valence-electron chi connectivity index (χ3n) is 5.60. The fourth-order valence-corrected chi connectivity index (χ4v) is 3.63. The number of rotatable bonds is 5. The fraction of sp³-hybridized carbons (Fsp3) is 0.192. The maximum Gasteiger partial charge on any atom is 0.333 e. The van der Waals surface area contributed by atoms with E-state index in [1.54, 1.807) is 35.7 Å². The van der Waals surface area contributed by atoms with Gasteiger partial charge in [0.05, 0.1) is 35.7 Å². The van der Waals surface area contributed by atoms with Gasteiger partial charge in [0.15, 0.2) is 0 Å². The van der Waals surface area contributed by atoms with Crippen molar-refractivity contribution in [3.05, 3.63) is 89.1 Å². The van der Waals surface area contributed by atoms with Crippen LogP contribution in [0.15, 0.2) is 77.9 Å². The zero-order valence-electron chi connectivity index (χ0n) is 18.5. The van der Waals surface area contributed by atoms with E-state index in [2.05, 4.69) is 11.1 Å². The molecule has 0 bridgehead atoms. The van der Waals surface area contributed by atoms with Gasteiger partial charge in [-0.3, -0.25) is 9.55 Å². The molecule has 2 heterocycles. The van der Waals surface area contributed by atoms with Crippen LogP contribution in [0.4, 0.5) is 0 Å². The van der Waals surface area contributed by atoms with Crippen LogP contribution in [-0.4, -0.2) is 21.2 Å². The molecule has 0 aliphatic heterocycles. The fourth-order valence-electron chi connectivity index (χ4n) is 3.63. The van der Waals surface area contributed by atoms with Crippen molar-refractivity contribution in [3.8, 4) is 40.0 Å². The lowest BCUT2D eigenvalue weighted by atomic mass is 9.86. The smallest absolute Gasteiger partial charge is 0.333 e. The van der Waals surface area contributed by atoms with Crippen LogP contribution in [0, 0.1) is 11.3 Å². The van der Waals surface area contributed by atoms with E-state index < -0.39 is 5.41 Å². The summed E-state index contributed by atoms with van der Waals surface area (Å²) in [4.78, 5) is 17.5. The zero-order valence-corrected chi connectivity index (χ0v) is 18.5. The van der Waals surface area contributed by atoms with Crippen LogP contribution in [0.25, 0.3) is 28.2 Å². The summed E-state index contributed by atoms with van der Waals surface area (Å²) in [5.74, 6) is 0.776. The minimum absolute atomic E-state index is 0.166. The Labute approximate surface area is 187 Å². The van der Waals surface area contributed by atoms with Crippen molar-refractivity contribution >= 4 is 0 Å². The SMILES string of the molecule is COc1cccc(-c2ccnc(-c3cn(C)c(=O)n3-c3ccc(C(C)(C)C#N)cc3)c2)c1. The lowest BCUT2D eigenvalue weighted by molar-refractivity contribution is 0.415. The maximum atomic E-state index is 13.0. The molecule has 0 fully saturated rings. The first-order valence-corrected chi connectivity index (χ1v) is 10.3. The third-order valence-corrected chi connectivity index (χ3v) is 5.60. The Balaban J connectivity index is 1.81. The van der Waals surface area contributed by atoms with Crippen molar-refractivity contribution in [2.24, 2.45) is 7.05 Å². The second-order valence-corrected chi connectivity index (χ2v) is 8.19. The highest BCUT2D eigenvalue weighted by Gasteiger charge is 2.20. The summed E-state index contributed by atoms with van der Waals surface area (Å²) >= 11 is 0. The highest BCUT2D eigenvalue weighted by molar-refractivity contribution is 5.70. The number of ether oxygens (including phenoxy) is 1. The van der Waals surface area contributed by atoms with Crippen LogP contribution in [0.2, 0.25) is 0 Å². The summed E-state index contributed by atoms with van der Waals surface area (Å²) in [7, 11) is 3.37. The molecule has 6 nitrogen and oxygen atoms in total. The van der Waals surface area contributed by atoms with Crippen molar-refractivity contribution in [1.82, 2.24) is 14.1 Å². The van der Waals surface area contributed by atoms with E-state index in [1.807, 2.05) is 74.5 Å². The number of nitrogens with zero attached hydrogens (tertiary/aromatic N) is 4. The molecular formula is C26H24N4O2. The van der Waals surface area contributed by atoms with Crippen LogP contribution in [0.1, 0.15) is 19.4 Å². The molecule has 0 atom stereocenters. The molecule has 160 valence electrons. The Morgan fingerprint density at radius 2 is 1.75 bits per heavy atom. The van der Waals surface area contributed by atoms with Crippen molar-refractivity contribution in [3.63, 3.8) is 0 Å². The van der Waals surface area contributed by atoms with Crippen LogP contribution in [-0.2, 0) is 12.5 Å². The largest absolute Gasteiger partial charge is 0.497 e. The second-order valence-electron chi connectivity index (χ2n) is 8.19. The summed E-state index contributed by atoms with van der Waals surface area (Å²) in [6.07, 6.45) is 3.53. The van der Waals surface area contributed by atoms with Gasteiger partial charge >= 0.3 is 5.69 Å². The van der Waals surface area contributed by atoms with Crippen molar-refractivity contribution in [2.75, 3.05) is 7.11 Å². The molecule has 0 radical (unpaired) electrons. The number of methoxy groups -OCH3 is 1. The van der Waals surface area contributed by atoms with E-state index in [0.717, 1.165) is 28.1 Å². The summed E-state index contributed by atoms with van der Waals surface area (Å²) in [6.45, 7) is 3.74. The van der Waals surface area contributed by atoms with Gasteiger partial charge in [0.1, 0.15) is 5.75 Å². The molecule has 0 N–H and O–H groups in total. The zero-order chi connectivity index (χ0) is 22.9. The molecular weight excluding hydrogens is 400 g/mol. The van der Waals surface area contributed by atoms with Gasteiger partial charge in [-0.05, 0) is 66.9 Å². The summed E-state index contributed by atoms with van der Waals surface area (Å²) in [5.41, 5.74) is 4.20. The number of hydrogen-bond acceptors (Lipinski definition) is 4. The normalized spacial score (nSPS) is 11.2. The first kappa shape index (κ1) is 21.1. The molecule has 6 heteroatoms. The first-order chi connectivity index (χ1) is 15.3. The van der Waals surface area contributed by atoms with E-state index in [1.165, 1.54) is 0 Å². The van der Waals surface area contributed by atoms with E-state index in [9.17, 15) is 10.1 Å². The Bertz CT molecular complexity index is 1370. The lowest BCUT2D eigenvalue weighted by Crippen LogP contribution is -2.21. The molecule has 0 saturated carbocycles. The highest BCUT2D eigenvalue weighted by atomic mass is 16.5. The number of benzene rings is 2. The van der Waals surface area contributed by atoms with Crippen molar-refractivity contribution in [1.29, 1.82) is 5.26 Å². The van der Waals surface area contributed by atoms with E-state index in [4.69, 9.17) is 4.74 Å². The molecule has 4 rings (SSSR count). The number of hydrogen-bond donors (Lipinski definition) is 0. The average Bonchev–Trinajstić information content (AvgIpc) is 3.13. The molecule has 2 aromatic carbocycles. The third kappa shape index (κ3) is 3.81. The predicted octanol–water partition coefficient (Wildman–Crippen LogP) is 4.71. The number of aryl methyl sites for hydroxylation is 1. The average molecular weight is 425 g/mol. The van der Waals surface area contributed by atoms with Gasteiger partial charge in [0, 0.05) is 19.4 Å². The van der Waals surface area contributed by atoms with Crippen LogP contribution in [0.5, 0.6) is 5.75 Å². The molecule has 0 spiro atoms. The van der Waals surface area contributed by atoms with Gasteiger partial charge in [-0.15, -0.1) is 0 Å². The Kier molecular flexibility index (Phi) is 5.41. The lowest BCUT2D eigenvalue weighted by Gasteiger charge is -2.16. The molecule has 2 aromatic heterocycles. The summed E-state index contributed by atoms with van der Waals surface area (Å²) in [5, 5.41) is 9.40. The minimum Gasteiger partial charge on any atom is -0.497 e. The Morgan fingerprint density at radius 3 is 2.44 bits per heavy atom. The predicted molar refractivity (Wildman–Crippen MR) is 125 cm³/mol. The first-order valence-electron chi connectivity index (χ1n) is 10.3. The number of imidazole rings is 1. The van der Waals surface area contributed by atoms with Gasteiger partial charge in [-0.25, -0.2) is 4.79 Å². The molecule has 0 unspecified atom stereocenters. The second kappa shape index (κ2) is 8.20. The summed E-state index contributed by atoms with van der Waals surface area (Å²) in [6, 6.07) is 21.5. The van der Waals surface area contributed by atoms with Crippen LogP contribution < -0.4 is 10.4 Å². The number of pyridine rings is 1. The van der Waals surface area contributed by atoms with Gasteiger partial charge < -0.3 is 9.30 Å². The molecule has 32 heavy (non-hydrogen) atoms. The van der Waals surface area contributed by atoms with E-state index in [-0.39, 0.29) is 5.69 Å². The van der Waals surface area contributed by atoms with E-state index >= 15 is 0 Å². The van der Waals surface area contributed by atoms with Crippen molar-refractivity contribution < 1.29 is 4.74 Å². The molecule has 4 aromatic rings. The molecule has 0 amide bonds. The quantitative estimate of drug-likeness (QED) is 0.465. The van der Waals surface area contributed by atoms with Crippen LogP contribution in [0.3, 0.4) is 0 Å². The van der Waals surface area contributed by atoms with Gasteiger partial charge in [-0.2, -0.15) is 5.26 Å². The Hall–Kier alpha value is -4.11.